The maximum atomic E-state index is 12.4. The van der Waals surface area contributed by atoms with E-state index in [9.17, 15) is 4.79 Å². The Morgan fingerprint density at radius 3 is 2.58 bits per heavy atom. The number of hydrogen-bond acceptors (Lipinski definition) is 2. The predicted octanol–water partition coefficient (Wildman–Crippen LogP) is 3.93. The topological polar surface area (TPSA) is 29.5 Å². The highest BCUT2D eigenvalue weighted by molar-refractivity contribution is 5.69. The molecule has 19 heavy (non-hydrogen) atoms. The lowest BCUT2D eigenvalue weighted by molar-refractivity contribution is 0.0453. The van der Waals surface area contributed by atoms with Gasteiger partial charge in [-0.3, -0.25) is 0 Å². The average molecular weight is 262 g/mol. The third-order valence-electron chi connectivity index (χ3n) is 3.47. The van der Waals surface area contributed by atoms with Gasteiger partial charge in [-0.2, -0.15) is 0 Å². The van der Waals surface area contributed by atoms with Crippen LogP contribution in [0.5, 0.6) is 0 Å². The summed E-state index contributed by atoms with van der Waals surface area (Å²) in [5.74, 6) is 0. The van der Waals surface area contributed by atoms with Crippen molar-refractivity contribution in [3.8, 4) is 0 Å². The molecule has 0 aromatic heterocycles. The number of benzene rings is 1. The quantitative estimate of drug-likeness (QED) is 0.826. The second kappa shape index (κ2) is 5.64. The van der Waals surface area contributed by atoms with Crippen molar-refractivity contribution >= 4 is 6.09 Å². The van der Waals surface area contributed by atoms with Crippen molar-refractivity contribution in [2.45, 2.75) is 58.7 Å². The second-order valence-corrected chi connectivity index (χ2v) is 5.54. The minimum atomic E-state index is -1.24. The van der Waals surface area contributed by atoms with Gasteiger partial charge in [-0.15, -0.1) is 0 Å². The third kappa shape index (κ3) is 2.91. The molecule has 1 aromatic carbocycles. The normalized spacial score (nSPS) is 22.3. The highest BCUT2D eigenvalue weighted by atomic mass is 16.6. The molecule has 0 saturated heterocycles. The van der Waals surface area contributed by atoms with Crippen LogP contribution in [0.4, 0.5) is 4.79 Å². The minimum absolute atomic E-state index is 0.0581. The number of amides is 1. The summed E-state index contributed by atoms with van der Waals surface area (Å²) in [4.78, 5) is 14.1. The van der Waals surface area contributed by atoms with Crippen LogP contribution >= 0.6 is 0 Å². The lowest BCUT2D eigenvalue weighted by Gasteiger charge is -2.31. The van der Waals surface area contributed by atoms with E-state index in [1.807, 2.05) is 52.0 Å². The third-order valence-corrected chi connectivity index (χ3v) is 3.47. The van der Waals surface area contributed by atoms with Crippen molar-refractivity contribution < 1.29 is 10.9 Å². The van der Waals surface area contributed by atoms with E-state index in [0.717, 1.165) is 17.5 Å². The lowest BCUT2D eigenvalue weighted by Crippen LogP contribution is -2.42. The summed E-state index contributed by atoms with van der Waals surface area (Å²) < 4.78 is 14.1. The van der Waals surface area contributed by atoms with Gasteiger partial charge in [0.05, 0.1) is 1.37 Å². The molecule has 1 atom stereocenters. The zero-order chi connectivity index (χ0) is 14.9. The molecule has 1 aromatic rings. The van der Waals surface area contributed by atoms with Crippen LogP contribution in [0, 0.1) is 0 Å². The molecule has 2 rings (SSSR count). The summed E-state index contributed by atoms with van der Waals surface area (Å²) in [6.07, 6.45) is -0.324. The molecule has 0 bridgehead atoms. The van der Waals surface area contributed by atoms with Crippen LogP contribution in [0.3, 0.4) is 0 Å². The largest absolute Gasteiger partial charge is 0.441 e. The average Bonchev–Trinajstić information content (AvgIpc) is 2.66. The van der Waals surface area contributed by atoms with Crippen molar-refractivity contribution in [1.82, 2.24) is 4.90 Å². The Bertz CT molecular complexity index is 493. The first-order valence-electron chi connectivity index (χ1n) is 7.45. The number of fused-ring (bicyclic) bond motifs is 1. The molecule has 0 N–H and O–H groups in total. The standard InChI is InChI=1S/C16H23NO2/c1-11(2)17(12(3)4)16(18)19-15-10-9-13-7-5-6-8-14(13)15/h5-8,11-12,15H,9-10H2,1-4H3/t15-/m1/s1/i15D. The van der Waals surface area contributed by atoms with Crippen molar-refractivity contribution in [1.29, 1.82) is 0 Å². The molecule has 3 heteroatoms. The fourth-order valence-electron chi connectivity index (χ4n) is 2.68. The fraction of sp³-hybridized carbons (Fsp3) is 0.562. The van der Waals surface area contributed by atoms with Crippen LogP contribution in [0.1, 0.15) is 52.7 Å². The van der Waals surface area contributed by atoms with Crippen molar-refractivity contribution in [3.63, 3.8) is 0 Å². The van der Waals surface area contributed by atoms with Gasteiger partial charge in [0.2, 0.25) is 0 Å². The monoisotopic (exact) mass is 262 g/mol. The maximum Gasteiger partial charge on any atom is 0.410 e. The molecule has 1 aliphatic rings. The van der Waals surface area contributed by atoms with Gasteiger partial charge in [-0.05, 0) is 51.7 Å². The number of rotatable bonds is 3. The van der Waals surface area contributed by atoms with Gasteiger partial charge in [0.25, 0.3) is 0 Å². The number of carbonyl (C=O) groups excluding carboxylic acids is 1. The van der Waals surface area contributed by atoms with E-state index >= 15 is 0 Å². The highest BCUT2D eigenvalue weighted by Gasteiger charge is 2.29. The number of aryl methyl sites for hydroxylation is 1. The van der Waals surface area contributed by atoms with Gasteiger partial charge in [-0.25, -0.2) is 4.79 Å². The van der Waals surface area contributed by atoms with Crippen molar-refractivity contribution in [3.05, 3.63) is 35.4 Å². The Morgan fingerprint density at radius 1 is 1.32 bits per heavy atom. The molecule has 1 amide bonds. The van der Waals surface area contributed by atoms with Gasteiger partial charge < -0.3 is 9.64 Å². The van der Waals surface area contributed by atoms with Crippen LogP contribution < -0.4 is 0 Å². The summed E-state index contributed by atoms with van der Waals surface area (Å²) in [5.41, 5.74) is 1.93. The van der Waals surface area contributed by atoms with Gasteiger partial charge in [0, 0.05) is 12.1 Å². The molecule has 0 fully saturated rings. The number of ether oxygens (including phenoxy) is 1. The minimum Gasteiger partial charge on any atom is -0.441 e. The first-order valence-corrected chi connectivity index (χ1v) is 6.95. The number of carbonyl (C=O) groups is 1. The smallest absolute Gasteiger partial charge is 0.410 e. The van der Waals surface area contributed by atoms with E-state index in [-0.39, 0.29) is 12.1 Å². The van der Waals surface area contributed by atoms with E-state index in [1.54, 1.807) is 4.90 Å². The van der Waals surface area contributed by atoms with Crippen LogP contribution in [0.15, 0.2) is 24.3 Å². The number of hydrogen-bond donors (Lipinski definition) is 0. The molecule has 0 radical (unpaired) electrons. The first kappa shape index (κ1) is 12.5. The Hall–Kier alpha value is -1.51. The van der Waals surface area contributed by atoms with Gasteiger partial charge in [0.1, 0.15) is 6.08 Å². The molecule has 1 aliphatic carbocycles. The number of nitrogens with zero attached hydrogens (tertiary/aromatic N) is 1. The fourth-order valence-corrected chi connectivity index (χ4v) is 2.68. The molecular formula is C16H23NO2. The molecular weight excluding hydrogens is 238 g/mol. The summed E-state index contributed by atoms with van der Waals surface area (Å²) in [6.45, 7) is 7.84. The van der Waals surface area contributed by atoms with E-state index in [2.05, 4.69) is 0 Å². The summed E-state index contributed by atoms with van der Waals surface area (Å²) in [6, 6.07) is 7.86. The lowest BCUT2D eigenvalue weighted by atomic mass is 10.1. The Balaban J connectivity index is 2.20. The Labute approximate surface area is 117 Å². The molecule has 3 nitrogen and oxygen atoms in total. The van der Waals surface area contributed by atoms with Crippen molar-refractivity contribution in [2.24, 2.45) is 0 Å². The molecule has 0 saturated carbocycles. The van der Waals surface area contributed by atoms with E-state index in [0.29, 0.717) is 6.42 Å². The second-order valence-electron chi connectivity index (χ2n) is 5.54. The summed E-state index contributed by atoms with van der Waals surface area (Å²) in [7, 11) is 0. The molecule has 0 unspecified atom stereocenters. The van der Waals surface area contributed by atoms with Gasteiger partial charge in [-0.1, -0.05) is 24.3 Å². The van der Waals surface area contributed by atoms with E-state index in [4.69, 9.17) is 6.11 Å². The molecule has 0 heterocycles. The summed E-state index contributed by atoms with van der Waals surface area (Å²) >= 11 is 0. The van der Waals surface area contributed by atoms with Crippen LogP contribution in [0.25, 0.3) is 0 Å². The predicted molar refractivity (Wildman–Crippen MR) is 76.1 cm³/mol. The van der Waals surface area contributed by atoms with Crippen LogP contribution in [0.2, 0.25) is 0 Å². The van der Waals surface area contributed by atoms with Crippen LogP contribution in [-0.2, 0) is 11.2 Å². The zero-order valence-electron chi connectivity index (χ0n) is 13.1. The van der Waals surface area contributed by atoms with Gasteiger partial charge >= 0.3 is 6.09 Å². The Kier molecular flexibility index (Phi) is 3.72. The molecule has 0 spiro atoms. The van der Waals surface area contributed by atoms with Gasteiger partial charge in [0.15, 0.2) is 0 Å². The highest BCUT2D eigenvalue weighted by Crippen LogP contribution is 2.34. The van der Waals surface area contributed by atoms with E-state index < -0.39 is 12.2 Å². The van der Waals surface area contributed by atoms with Crippen LogP contribution in [-0.4, -0.2) is 23.1 Å². The summed E-state index contributed by atoms with van der Waals surface area (Å²) in [5, 5.41) is 0. The molecule has 0 aliphatic heterocycles. The van der Waals surface area contributed by atoms with E-state index in [1.165, 1.54) is 0 Å². The first-order chi connectivity index (χ1) is 9.35. The maximum absolute atomic E-state index is 12.4. The SMILES string of the molecule is [2H][C@@]1(OC(=O)N(C(C)C)C(C)C)CCc2ccccc21. The molecule has 104 valence electrons. The van der Waals surface area contributed by atoms with Crippen molar-refractivity contribution in [2.75, 3.05) is 0 Å². The Morgan fingerprint density at radius 2 is 1.95 bits per heavy atom. The zero-order valence-corrected chi connectivity index (χ0v) is 12.1.